The molecule has 3 heteroatoms. The van der Waals surface area contributed by atoms with Gasteiger partial charge in [-0.2, -0.15) is 5.10 Å². The van der Waals surface area contributed by atoms with Crippen molar-refractivity contribution in [3.63, 3.8) is 0 Å². The number of aromatic nitrogens is 2. The van der Waals surface area contributed by atoms with Crippen LogP contribution in [0.15, 0.2) is 24.5 Å². The average Bonchev–Trinajstić information content (AvgIpc) is 2.63. The van der Waals surface area contributed by atoms with Crippen LogP contribution in [0.1, 0.15) is 25.3 Å². The van der Waals surface area contributed by atoms with Gasteiger partial charge >= 0.3 is 0 Å². The van der Waals surface area contributed by atoms with E-state index in [1.165, 1.54) is 5.56 Å². The van der Waals surface area contributed by atoms with E-state index in [1.807, 2.05) is 17.9 Å². The largest absolute Gasteiger partial charge is 0.317 e. The lowest BCUT2D eigenvalue weighted by Gasteiger charge is -1.95. The van der Waals surface area contributed by atoms with Gasteiger partial charge in [-0.05, 0) is 37.9 Å². The van der Waals surface area contributed by atoms with Gasteiger partial charge in [0.15, 0.2) is 0 Å². The maximum Gasteiger partial charge on any atom is 0.0521 e. The molecule has 0 atom stereocenters. The second-order valence-electron chi connectivity index (χ2n) is 3.67. The SMILES string of the molecule is CCNCC/C=C/CCc1cnn(C)c1. The van der Waals surface area contributed by atoms with Crippen molar-refractivity contribution in [1.82, 2.24) is 15.1 Å². The monoisotopic (exact) mass is 207 g/mol. The number of nitrogens with zero attached hydrogens (tertiary/aromatic N) is 2. The third kappa shape index (κ3) is 5.37. The van der Waals surface area contributed by atoms with E-state index in [1.54, 1.807) is 0 Å². The topological polar surface area (TPSA) is 29.9 Å². The molecule has 1 rings (SSSR count). The van der Waals surface area contributed by atoms with Gasteiger partial charge in [0, 0.05) is 13.2 Å². The fraction of sp³-hybridized carbons (Fsp3) is 0.583. The second kappa shape index (κ2) is 7.23. The summed E-state index contributed by atoms with van der Waals surface area (Å²) in [5.74, 6) is 0. The summed E-state index contributed by atoms with van der Waals surface area (Å²) in [5, 5.41) is 7.43. The summed E-state index contributed by atoms with van der Waals surface area (Å²) in [5.41, 5.74) is 1.31. The highest BCUT2D eigenvalue weighted by Gasteiger charge is 1.92. The first-order valence-corrected chi connectivity index (χ1v) is 5.66. The van der Waals surface area contributed by atoms with Gasteiger partial charge in [-0.15, -0.1) is 0 Å². The Labute approximate surface area is 92.2 Å². The predicted octanol–water partition coefficient (Wildman–Crippen LogP) is 1.91. The highest BCUT2D eigenvalue weighted by Crippen LogP contribution is 2.01. The van der Waals surface area contributed by atoms with E-state index in [2.05, 4.69) is 35.7 Å². The van der Waals surface area contributed by atoms with Gasteiger partial charge in [0.2, 0.25) is 0 Å². The number of nitrogens with one attached hydrogen (secondary N) is 1. The molecular formula is C12H21N3. The van der Waals surface area contributed by atoms with E-state index in [4.69, 9.17) is 0 Å². The molecule has 3 nitrogen and oxygen atoms in total. The zero-order valence-electron chi connectivity index (χ0n) is 9.74. The molecule has 84 valence electrons. The molecule has 0 saturated carbocycles. The number of hydrogen-bond acceptors (Lipinski definition) is 2. The van der Waals surface area contributed by atoms with Gasteiger partial charge < -0.3 is 5.32 Å². The zero-order chi connectivity index (χ0) is 10.9. The Morgan fingerprint density at radius 2 is 2.20 bits per heavy atom. The molecule has 15 heavy (non-hydrogen) atoms. The highest BCUT2D eigenvalue weighted by atomic mass is 15.2. The van der Waals surface area contributed by atoms with Crippen molar-refractivity contribution in [3.8, 4) is 0 Å². The van der Waals surface area contributed by atoms with Crippen LogP contribution < -0.4 is 5.32 Å². The van der Waals surface area contributed by atoms with E-state index in [-0.39, 0.29) is 0 Å². The fourth-order valence-electron chi connectivity index (χ4n) is 1.45. The van der Waals surface area contributed by atoms with Crippen LogP contribution in [-0.4, -0.2) is 22.9 Å². The average molecular weight is 207 g/mol. The van der Waals surface area contributed by atoms with E-state index in [0.29, 0.717) is 0 Å². The first-order valence-electron chi connectivity index (χ1n) is 5.66. The van der Waals surface area contributed by atoms with E-state index in [9.17, 15) is 0 Å². The Bertz CT molecular complexity index is 289. The van der Waals surface area contributed by atoms with Gasteiger partial charge in [-0.1, -0.05) is 19.1 Å². The van der Waals surface area contributed by atoms with Crippen LogP contribution in [0.4, 0.5) is 0 Å². The number of aryl methyl sites for hydroxylation is 2. The predicted molar refractivity (Wildman–Crippen MR) is 63.8 cm³/mol. The molecule has 1 aromatic heterocycles. The van der Waals surface area contributed by atoms with Crippen LogP contribution in [0, 0.1) is 0 Å². The summed E-state index contributed by atoms with van der Waals surface area (Å²) in [6.45, 7) is 4.27. The van der Waals surface area contributed by atoms with Crippen molar-refractivity contribution in [2.45, 2.75) is 26.2 Å². The van der Waals surface area contributed by atoms with Crippen LogP contribution in [0.25, 0.3) is 0 Å². The highest BCUT2D eigenvalue weighted by molar-refractivity contribution is 5.04. The number of hydrogen-bond donors (Lipinski definition) is 1. The summed E-state index contributed by atoms with van der Waals surface area (Å²) >= 11 is 0. The van der Waals surface area contributed by atoms with Gasteiger partial charge in [0.1, 0.15) is 0 Å². The Kier molecular flexibility index (Phi) is 5.78. The smallest absolute Gasteiger partial charge is 0.0521 e. The van der Waals surface area contributed by atoms with Crippen LogP contribution in [0.5, 0.6) is 0 Å². The number of allylic oxidation sites excluding steroid dienone is 1. The fourth-order valence-corrected chi connectivity index (χ4v) is 1.45. The van der Waals surface area contributed by atoms with Crippen molar-refractivity contribution in [1.29, 1.82) is 0 Å². The van der Waals surface area contributed by atoms with Gasteiger partial charge in [0.25, 0.3) is 0 Å². The first-order chi connectivity index (χ1) is 7.33. The molecule has 1 aromatic rings. The van der Waals surface area contributed by atoms with Crippen LogP contribution in [0.3, 0.4) is 0 Å². The quantitative estimate of drug-likeness (QED) is 0.547. The van der Waals surface area contributed by atoms with Gasteiger partial charge in [-0.3, -0.25) is 4.68 Å². The van der Waals surface area contributed by atoms with Crippen LogP contribution >= 0.6 is 0 Å². The minimum atomic E-state index is 1.06. The van der Waals surface area contributed by atoms with Crippen molar-refractivity contribution < 1.29 is 0 Å². The lowest BCUT2D eigenvalue weighted by atomic mass is 10.2. The third-order valence-electron chi connectivity index (χ3n) is 2.26. The first kappa shape index (κ1) is 12.0. The van der Waals surface area contributed by atoms with E-state index in [0.717, 1.165) is 32.4 Å². The minimum absolute atomic E-state index is 1.06. The Hall–Kier alpha value is -1.09. The van der Waals surface area contributed by atoms with Crippen molar-refractivity contribution >= 4 is 0 Å². The molecule has 0 bridgehead atoms. The molecule has 0 aliphatic rings. The molecule has 0 radical (unpaired) electrons. The molecular weight excluding hydrogens is 186 g/mol. The number of rotatable bonds is 7. The molecule has 0 aliphatic heterocycles. The molecule has 0 fully saturated rings. The molecule has 0 unspecified atom stereocenters. The Morgan fingerprint density at radius 1 is 1.40 bits per heavy atom. The van der Waals surface area contributed by atoms with Crippen molar-refractivity contribution in [3.05, 3.63) is 30.1 Å². The zero-order valence-corrected chi connectivity index (χ0v) is 9.74. The molecule has 1 N–H and O–H groups in total. The van der Waals surface area contributed by atoms with Crippen LogP contribution in [-0.2, 0) is 13.5 Å². The lowest BCUT2D eigenvalue weighted by molar-refractivity contribution is 0.725. The van der Waals surface area contributed by atoms with Crippen LogP contribution in [0.2, 0.25) is 0 Å². The third-order valence-corrected chi connectivity index (χ3v) is 2.26. The van der Waals surface area contributed by atoms with E-state index < -0.39 is 0 Å². The standard InChI is InChI=1S/C12H21N3/c1-3-13-9-7-5-4-6-8-12-10-14-15(2)11-12/h4-5,10-11,13H,3,6-9H2,1-2H3/b5-4+. The summed E-state index contributed by atoms with van der Waals surface area (Å²) < 4.78 is 1.85. The van der Waals surface area contributed by atoms with Crippen molar-refractivity contribution in [2.75, 3.05) is 13.1 Å². The summed E-state index contributed by atoms with van der Waals surface area (Å²) in [7, 11) is 1.95. The van der Waals surface area contributed by atoms with Gasteiger partial charge in [0.05, 0.1) is 6.20 Å². The Balaban J connectivity index is 2.06. The molecule has 0 saturated heterocycles. The molecule has 1 heterocycles. The van der Waals surface area contributed by atoms with Crippen molar-refractivity contribution in [2.24, 2.45) is 7.05 Å². The summed E-state index contributed by atoms with van der Waals surface area (Å²) in [6.07, 6.45) is 11.8. The van der Waals surface area contributed by atoms with Gasteiger partial charge in [-0.25, -0.2) is 0 Å². The van der Waals surface area contributed by atoms with E-state index >= 15 is 0 Å². The molecule has 0 aliphatic carbocycles. The molecule has 0 amide bonds. The lowest BCUT2D eigenvalue weighted by Crippen LogP contribution is -2.12. The maximum absolute atomic E-state index is 4.14. The summed E-state index contributed by atoms with van der Waals surface area (Å²) in [6, 6.07) is 0. The maximum atomic E-state index is 4.14. The molecule has 0 spiro atoms. The Morgan fingerprint density at radius 3 is 2.87 bits per heavy atom. The minimum Gasteiger partial charge on any atom is -0.317 e. The second-order valence-corrected chi connectivity index (χ2v) is 3.67. The normalized spacial score (nSPS) is 11.3. The summed E-state index contributed by atoms with van der Waals surface area (Å²) in [4.78, 5) is 0. The molecule has 0 aromatic carbocycles.